The minimum atomic E-state index is -0.231. The highest BCUT2D eigenvalue weighted by Crippen LogP contribution is 2.39. The van der Waals surface area contributed by atoms with Gasteiger partial charge in [-0.15, -0.1) is 0 Å². The molecule has 0 bridgehead atoms. The van der Waals surface area contributed by atoms with Gasteiger partial charge in [-0.2, -0.15) is 0 Å². The lowest BCUT2D eigenvalue weighted by Gasteiger charge is -2.25. The van der Waals surface area contributed by atoms with Crippen molar-refractivity contribution in [2.75, 3.05) is 42.0 Å². The first-order valence-corrected chi connectivity index (χ1v) is 8.32. The lowest BCUT2D eigenvalue weighted by Crippen LogP contribution is -2.34. The number of benzene rings is 2. The number of hydrogen-bond acceptors (Lipinski definition) is 5. The average Bonchev–Trinajstić information content (AvgIpc) is 2.67. The van der Waals surface area contributed by atoms with Crippen molar-refractivity contribution in [2.45, 2.75) is 6.04 Å². The van der Waals surface area contributed by atoms with E-state index in [9.17, 15) is 4.79 Å². The molecule has 0 fully saturated rings. The Morgan fingerprint density at radius 3 is 2.15 bits per heavy atom. The summed E-state index contributed by atoms with van der Waals surface area (Å²) in [4.78, 5) is 14.8. The van der Waals surface area contributed by atoms with Gasteiger partial charge in [-0.05, 0) is 31.8 Å². The lowest BCUT2D eigenvalue weighted by atomic mass is 10.1. The zero-order valence-corrected chi connectivity index (χ0v) is 15.9. The normalized spacial score (nSPS) is 11.8. The summed E-state index contributed by atoms with van der Waals surface area (Å²) >= 11 is 0. The van der Waals surface area contributed by atoms with Gasteiger partial charge in [0.05, 0.1) is 32.9 Å². The van der Waals surface area contributed by atoms with E-state index in [1.165, 1.54) is 14.2 Å². The summed E-state index contributed by atoms with van der Waals surface area (Å²) in [6.45, 7) is 0.466. The number of likely N-dealkylation sites (N-methyl/N-ethyl adjacent to an activating group) is 1. The second-order valence-corrected chi connectivity index (χ2v) is 5.98. The Morgan fingerprint density at radius 1 is 0.962 bits per heavy atom. The van der Waals surface area contributed by atoms with Crippen LogP contribution in [0.25, 0.3) is 0 Å². The lowest BCUT2D eigenvalue weighted by molar-refractivity contribution is 0.0938. The van der Waals surface area contributed by atoms with Gasteiger partial charge in [-0.25, -0.2) is 0 Å². The molecule has 6 heteroatoms. The van der Waals surface area contributed by atoms with Gasteiger partial charge in [-0.3, -0.25) is 4.79 Å². The van der Waals surface area contributed by atoms with Crippen molar-refractivity contribution in [3.8, 4) is 17.2 Å². The van der Waals surface area contributed by atoms with E-state index in [-0.39, 0.29) is 11.9 Å². The van der Waals surface area contributed by atoms with Crippen molar-refractivity contribution in [3.05, 3.63) is 53.6 Å². The summed E-state index contributed by atoms with van der Waals surface area (Å²) in [5.41, 5.74) is 1.53. The fraction of sp³-hybridized carbons (Fsp3) is 0.350. The van der Waals surface area contributed by atoms with E-state index in [1.807, 2.05) is 44.4 Å². The van der Waals surface area contributed by atoms with Gasteiger partial charge in [0.1, 0.15) is 0 Å². The number of carbonyl (C=O) groups is 1. The number of ether oxygens (including phenoxy) is 3. The Hall–Kier alpha value is -2.73. The molecule has 0 radical (unpaired) electrons. The molecule has 140 valence electrons. The van der Waals surface area contributed by atoms with Gasteiger partial charge in [0.15, 0.2) is 11.5 Å². The molecule has 0 saturated carbocycles. The zero-order valence-electron chi connectivity index (χ0n) is 15.9. The van der Waals surface area contributed by atoms with Crippen LogP contribution in [0, 0.1) is 0 Å². The van der Waals surface area contributed by atoms with E-state index in [4.69, 9.17) is 14.2 Å². The van der Waals surface area contributed by atoms with Crippen molar-refractivity contribution in [3.63, 3.8) is 0 Å². The van der Waals surface area contributed by atoms with Gasteiger partial charge in [0.2, 0.25) is 5.75 Å². The van der Waals surface area contributed by atoms with E-state index >= 15 is 0 Å². The molecule has 0 saturated heterocycles. The molecular formula is C20H26N2O4. The zero-order chi connectivity index (χ0) is 19.1. The van der Waals surface area contributed by atoms with Gasteiger partial charge >= 0.3 is 0 Å². The molecule has 1 N–H and O–H groups in total. The van der Waals surface area contributed by atoms with Crippen molar-refractivity contribution < 1.29 is 19.0 Å². The van der Waals surface area contributed by atoms with E-state index in [0.29, 0.717) is 29.4 Å². The standard InChI is InChI=1S/C20H26N2O4/c1-22(2)16(14-9-7-6-8-10-14)13-21-20(23)15-11-12-17(24-3)19(26-5)18(15)25-4/h6-12,16H,13H2,1-5H3,(H,21,23). The van der Waals surface area contributed by atoms with Crippen LogP contribution in [0.2, 0.25) is 0 Å². The Morgan fingerprint density at radius 2 is 1.62 bits per heavy atom. The molecule has 1 atom stereocenters. The number of nitrogens with one attached hydrogen (secondary N) is 1. The second kappa shape index (κ2) is 9.10. The van der Waals surface area contributed by atoms with Crippen LogP contribution >= 0.6 is 0 Å². The molecule has 1 unspecified atom stereocenters. The molecule has 26 heavy (non-hydrogen) atoms. The second-order valence-electron chi connectivity index (χ2n) is 5.98. The highest BCUT2D eigenvalue weighted by molar-refractivity contribution is 5.98. The van der Waals surface area contributed by atoms with Crippen LogP contribution in [-0.2, 0) is 0 Å². The molecule has 0 aliphatic heterocycles. The first-order valence-electron chi connectivity index (χ1n) is 8.32. The van der Waals surface area contributed by atoms with E-state index in [0.717, 1.165) is 5.56 Å². The average molecular weight is 358 g/mol. The first-order chi connectivity index (χ1) is 12.5. The highest BCUT2D eigenvalue weighted by Gasteiger charge is 2.22. The van der Waals surface area contributed by atoms with Crippen LogP contribution in [0.1, 0.15) is 22.0 Å². The number of rotatable bonds is 8. The van der Waals surface area contributed by atoms with Crippen molar-refractivity contribution >= 4 is 5.91 Å². The summed E-state index contributed by atoms with van der Waals surface area (Å²) in [7, 11) is 8.53. The van der Waals surface area contributed by atoms with Crippen LogP contribution in [-0.4, -0.2) is 52.8 Å². The Kier molecular flexibility index (Phi) is 6.86. The number of hydrogen-bond donors (Lipinski definition) is 1. The smallest absolute Gasteiger partial charge is 0.255 e. The van der Waals surface area contributed by atoms with Crippen molar-refractivity contribution in [1.29, 1.82) is 0 Å². The molecule has 0 aromatic heterocycles. The third kappa shape index (κ3) is 4.26. The molecule has 1 amide bonds. The Labute approximate surface area is 154 Å². The van der Waals surface area contributed by atoms with Crippen molar-refractivity contribution in [1.82, 2.24) is 10.2 Å². The fourth-order valence-electron chi connectivity index (χ4n) is 2.84. The van der Waals surface area contributed by atoms with Gasteiger partial charge in [0.25, 0.3) is 5.91 Å². The number of methoxy groups -OCH3 is 3. The van der Waals surface area contributed by atoms with Gasteiger partial charge in [0, 0.05) is 6.54 Å². The number of nitrogens with zero attached hydrogens (tertiary/aromatic N) is 1. The molecule has 2 rings (SSSR count). The summed E-state index contributed by atoms with van der Waals surface area (Å²) in [6, 6.07) is 13.5. The molecule has 0 spiro atoms. The predicted octanol–water partition coefficient (Wildman–Crippen LogP) is 2.75. The number of carbonyl (C=O) groups excluding carboxylic acids is 1. The minimum absolute atomic E-state index is 0.0614. The maximum absolute atomic E-state index is 12.7. The maximum Gasteiger partial charge on any atom is 0.255 e. The third-order valence-electron chi connectivity index (χ3n) is 4.21. The van der Waals surface area contributed by atoms with Crippen LogP contribution in [0.5, 0.6) is 17.2 Å². The SMILES string of the molecule is COc1ccc(C(=O)NCC(c2ccccc2)N(C)C)c(OC)c1OC. The topological polar surface area (TPSA) is 60.0 Å². The largest absolute Gasteiger partial charge is 0.493 e. The summed E-state index contributed by atoms with van der Waals surface area (Å²) in [5, 5.41) is 2.99. The monoisotopic (exact) mass is 358 g/mol. The van der Waals surface area contributed by atoms with E-state index < -0.39 is 0 Å². The van der Waals surface area contributed by atoms with Gasteiger partial charge in [-0.1, -0.05) is 30.3 Å². The molecule has 2 aromatic rings. The molecular weight excluding hydrogens is 332 g/mol. The molecule has 0 aliphatic carbocycles. The third-order valence-corrected chi connectivity index (χ3v) is 4.21. The summed E-state index contributed by atoms with van der Waals surface area (Å²) in [6.07, 6.45) is 0. The van der Waals surface area contributed by atoms with Crippen LogP contribution in [0.15, 0.2) is 42.5 Å². The van der Waals surface area contributed by atoms with Gasteiger partial charge < -0.3 is 24.4 Å². The Bertz CT molecular complexity index is 732. The molecule has 0 aliphatic rings. The molecule has 6 nitrogen and oxygen atoms in total. The van der Waals surface area contributed by atoms with E-state index in [1.54, 1.807) is 19.2 Å². The van der Waals surface area contributed by atoms with Crippen LogP contribution in [0.3, 0.4) is 0 Å². The summed E-state index contributed by atoms with van der Waals surface area (Å²) in [5.74, 6) is 1.03. The predicted molar refractivity (Wildman–Crippen MR) is 101 cm³/mol. The fourth-order valence-corrected chi connectivity index (χ4v) is 2.84. The quantitative estimate of drug-likeness (QED) is 0.786. The highest BCUT2D eigenvalue weighted by atomic mass is 16.5. The van der Waals surface area contributed by atoms with E-state index in [2.05, 4.69) is 10.2 Å². The van der Waals surface area contributed by atoms with Crippen LogP contribution < -0.4 is 19.5 Å². The molecule has 2 aromatic carbocycles. The number of amides is 1. The summed E-state index contributed by atoms with van der Waals surface area (Å²) < 4.78 is 16.0. The van der Waals surface area contributed by atoms with Crippen molar-refractivity contribution in [2.24, 2.45) is 0 Å². The maximum atomic E-state index is 12.7. The molecule has 0 heterocycles. The Balaban J connectivity index is 2.21. The minimum Gasteiger partial charge on any atom is -0.493 e. The first kappa shape index (κ1) is 19.6. The van der Waals surface area contributed by atoms with Crippen LogP contribution in [0.4, 0.5) is 0 Å².